The van der Waals surface area contributed by atoms with Gasteiger partial charge in [0.15, 0.2) is 9.84 Å². The van der Waals surface area contributed by atoms with Crippen molar-refractivity contribution < 1.29 is 21.6 Å². The second-order valence-corrected chi connectivity index (χ2v) is 12.0. The van der Waals surface area contributed by atoms with Crippen LogP contribution < -0.4 is 9.46 Å². The zero-order chi connectivity index (χ0) is 20.4. The van der Waals surface area contributed by atoms with E-state index in [4.69, 9.17) is 4.74 Å². The van der Waals surface area contributed by atoms with E-state index >= 15 is 0 Å². The molecular weight excluding hydrogens is 438 g/mol. The molecule has 0 aliphatic rings. The van der Waals surface area contributed by atoms with Gasteiger partial charge in [-0.05, 0) is 47.5 Å². The van der Waals surface area contributed by atoms with E-state index in [9.17, 15) is 16.8 Å². The van der Waals surface area contributed by atoms with E-state index in [1.807, 2.05) is 0 Å². The first-order valence-electron chi connectivity index (χ1n) is 8.21. The Morgan fingerprint density at radius 2 is 1.75 bits per heavy atom. The van der Waals surface area contributed by atoms with Gasteiger partial charge in [0.2, 0.25) is 10.0 Å². The number of thiophene rings is 2. The second-order valence-electron chi connectivity index (χ2n) is 5.99. The molecular formula is C18H19NO5S4. The van der Waals surface area contributed by atoms with Gasteiger partial charge in [-0.2, -0.15) is 0 Å². The van der Waals surface area contributed by atoms with E-state index in [2.05, 4.69) is 4.72 Å². The Labute approximate surface area is 172 Å². The molecule has 3 aromatic rings. The molecule has 0 bridgehead atoms. The van der Waals surface area contributed by atoms with Crippen LogP contribution in [0.5, 0.6) is 5.75 Å². The lowest BCUT2D eigenvalue weighted by Crippen LogP contribution is -2.31. The first kappa shape index (κ1) is 21.0. The first-order valence-corrected chi connectivity index (χ1v) is 13.0. The maximum absolute atomic E-state index is 13.1. The summed E-state index contributed by atoms with van der Waals surface area (Å²) in [6.07, 6.45) is 0. The molecule has 0 unspecified atom stereocenters. The highest BCUT2D eigenvalue weighted by atomic mass is 32.2. The van der Waals surface area contributed by atoms with E-state index in [-0.39, 0.29) is 21.4 Å². The van der Waals surface area contributed by atoms with Crippen molar-refractivity contribution >= 4 is 42.5 Å². The Hall–Kier alpha value is -1.72. The van der Waals surface area contributed by atoms with Crippen molar-refractivity contribution in [1.29, 1.82) is 0 Å². The van der Waals surface area contributed by atoms with Gasteiger partial charge in [0.05, 0.1) is 7.11 Å². The maximum atomic E-state index is 13.1. The minimum absolute atomic E-state index is 0.0200. The van der Waals surface area contributed by atoms with Crippen LogP contribution in [0.4, 0.5) is 0 Å². The van der Waals surface area contributed by atoms with Gasteiger partial charge in [0.25, 0.3) is 0 Å². The third-order valence-corrected chi connectivity index (χ3v) is 10.2. The fourth-order valence-electron chi connectivity index (χ4n) is 2.66. The number of benzene rings is 1. The van der Waals surface area contributed by atoms with Crippen LogP contribution in [-0.2, 0) is 19.9 Å². The summed E-state index contributed by atoms with van der Waals surface area (Å²) in [5.74, 6) is 0.201. The summed E-state index contributed by atoms with van der Waals surface area (Å²) in [6.45, 7) is 1.49. The Kier molecular flexibility index (Phi) is 6.25. The number of aryl methyl sites for hydroxylation is 1. The van der Waals surface area contributed by atoms with Crippen LogP contribution in [-0.4, -0.2) is 30.5 Å². The molecule has 0 amide bonds. The quantitative estimate of drug-likeness (QED) is 0.558. The van der Waals surface area contributed by atoms with Gasteiger partial charge in [-0.25, -0.2) is 21.6 Å². The first-order chi connectivity index (χ1) is 13.3. The van der Waals surface area contributed by atoms with Crippen molar-refractivity contribution in [3.05, 3.63) is 63.7 Å². The Bertz CT molecular complexity index is 1130. The van der Waals surface area contributed by atoms with Gasteiger partial charge in [-0.15, -0.1) is 22.7 Å². The van der Waals surface area contributed by atoms with Gasteiger partial charge in [-0.1, -0.05) is 18.2 Å². The lowest BCUT2D eigenvalue weighted by atomic mass is 10.2. The van der Waals surface area contributed by atoms with Crippen molar-refractivity contribution in [3.63, 3.8) is 0 Å². The average molecular weight is 458 g/mol. The van der Waals surface area contributed by atoms with Crippen molar-refractivity contribution in [3.8, 4) is 5.75 Å². The Balaban J connectivity index is 1.94. The van der Waals surface area contributed by atoms with Gasteiger partial charge < -0.3 is 4.74 Å². The van der Waals surface area contributed by atoms with Gasteiger partial charge in [-0.3, -0.25) is 0 Å². The SMILES string of the molecule is COc1ccc(C)cc1S(=O)(=O)NC[C@H](c1cccs1)S(=O)(=O)c1cccs1. The minimum atomic E-state index is -3.97. The van der Waals surface area contributed by atoms with Crippen LogP contribution in [0.2, 0.25) is 0 Å². The molecule has 2 heterocycles. The predicted molar refractivity (Wildman–Crippen MR) is 111 cm³/mol. The summed E-state index contributed by atoms with van der Waals surface area (Å²) in [4.78, 5) is 0.556. The molecule has 6 nitrogen and oxygen atoms in total. The number of sulfone groups is 1. The Morgan fingerprint density at radius 3 is 2.36 bits per heavy atom. The number of hydrogen-bond donors (Lipinski definition) is 1. The summed E-state index contributed by atoms with van der Waals surface area (Å²) in [6, 6.07) is 11.4. The standard InChI is InChI=1S/C18H19NO5S4/c1-13-7-8-14(24-2)16(11-13)28(22,23)19-12-17(15-5-3-9-25-15)27(20,21)18-6-4-10-26-18/h3-11,17,19H,12H2,1-2H3/t17-/m1/s1. The summed E-state index contributed by atoms with van der Waals surface area (Å²) in [7, 11) is -6.32. The number of rotatable bonds is 8. The lowest BCUT2D eigenvalue weighted by molar-refractivity contribution is 0.402. The topological polar surface area (TPSA) is 89.5 Å². The van der Waals surface area contributed by atoms with Crippen LogP contribution in [0.3, 0.4) is 0 Å². The molecule has 1 N–H and O–H groups in total. The van der Waals surface area contributed by atoms with E-state index in [1.165, 1.54) is 30.6 Å². The van der Waals surface area contributed by atoms with Crippen LogP contribution >= 0.6 is 22.7 Å². The number of hydrogen-bond acceptors (Lipinski definition) is 7. The van der Waals surface area contributed by atoms with Crippen LogP contribution in [0.15, 0.2) is 62.3 Å². The molecule has 0 saturated heterocycles. The predicted octanol–water partition coefficient (Wildman–Crippen LogP) is 3.62. The average Bonchev–Trinajstić information content (AvgIpc) is 3.36. The summed E-state index contributed by atoms with van der Waals surface area (Å²) >= 11 is 2.39. The van der Waals surface area contributed by atoms with Crippen molar-refractivity contribution in [1.82, 2.24) is 4.72 Å². The highest BCUT2D eigenvalue weighted by molar-refractivity contribution is 7.94. The summed E-state index contributed by atoms with van der Waals surface area (Å²) in [5.41, 5.74) is 0.752. The van der Waals surface area contributed by atoms with Crippen LogP contribution in [0.1, 0.15) is 15.7 Å². The Morgan fingerprint density at radius 1 is 1.04 bits per heavy atom. The van der Waals surface area contributed by atoms with Gasteiger partial charge in [0.1, 0.15) is 20.1 Å². The van der Waals surface area contributed by atoms with Crippen molar-refractivity contribution in [2.24, 2.45) is 0 Å². The maximum Gasteiger partial charge on any atom is 0.244 e. The zero-order valence-corrected chi connectivity index (χ0v) is 18.4. The normalized spacial score (nSPS) is 13.4. The second kappa shape index (κ2) is 8.34. The lowest BCUT2D eigenvalue weighted by Gasteiger charge is -2.17. The summed E-state index contributed by atoms with van der Waals surface area (Å²) < 4.78 is 59.7. The number of sulfonamides is 1. The molecule has 0 fully saturated rings. The third kappa shape index (κ3) is 4.31. The molecule has 1 atom stereocenters. The molecule has 0 aliphatic heterocycles. The highest BCUT2D eigenvalue weighted by Crippen LogP contribution is 2.34. The molecule has 150 valence electrons. The van der Waals surface area contributed by atoms with Gasteiger partial charge >= 0.3 is 0 Å². The number of ether oxygens (including phenoxy) is 1. The smallest absolute Gasteiger partial charge is 0.244 e. The molecule has 0 radical (unpaired) electrons. The van der Waals surface area contributed by atoms with Gasteiger partial charge in [0, 0.05) is 11.4 Å². The fraction of sp³-hybridized carbons (Fsp3) is 0.222. The van der Waals surface area contributed by atoms with E-state index in [0.29, 0.717) is 4.88 Å². The molecule has 28 heavy (non-hydrogen) atoms. The minimum Gasteiger partial charge on any atom is -0.495 e. The molecule has 3 rings (SSSR count). The molecule has 0 saturated carbocycles. The van der Waals surface area contributed by atoms with E-state index in [0.717, 1.165) is 16.9 Å². The van der Waals surface area contributed by atoms with Crippen molar-refractivity contribution in [2.45, 2.75) is 21.3 Å². The zero-order valence-electron chi connectivity index (χ0n) is 15.2. The number of methoxy groups -OCH3 is 1. The molecule has 1 aromatic carbocycles. The molecule has 0 aliphatic carbocycles. The summed E-state index contributed by atoms with van der Waals surface area (Å²) in [5, 5.41) is 2.43. The molecule has 0 spiro atoms. The van der Waals surface area contributed by atoms with E-state index < -0.39 is 25.1 Å². The molecule has 2 aromatic heterocycles. The molecule has 10 heteroatoms. The van der Waals surface area contributed by atoms with E-state index in [1.54, 1.807) is 48.0 Å². The number of nitrogens with one attached hydrogen (secondary N) is 1. The van der Waals surface area contributed by atoms with Crippen LogP contribution in [0, 0.1) is 6.92 Å². The largest absolute Gasteiger partial charge is 0.495 e. The fourth-order valence-corrected chi connectivity index (χ4v) is 8.05. The third-order valence-electron chi connectivity index (χ3n) is 4.08. The van der Waals surface area contributed by atoms with Crippen LogP contribution in [0.25, 0.3) is 0 Å². The monoisotopic (exact) mass is 457 g/mol. The highest BCUT2D eigenvalue weighted by Gasteiger charge is 2.32. The van der Waals surface area contributed by atoms with Crippen molar-refractivity contribution in [2.75, 3.05) is 13.7 Å².